The topological polar surface area (TPSA) is 120 Å². The van der Waals surface area contributed by atoms with E-state index in [1.807, 2.05) is 0 Å². The van der Waals surface area contributed by atoms with Crippen molar-refractivity contribution >= 4 is 26.7 Å². The van der Waals surface area contributed by atoms with Crippen LogP contribution in [0.5, 0.6) is 0 Å². The predicted octanol–water partition coefficient (Wildman–Crippen LogP) is 1.39. The first-order valence-corrected chi connectivity index (χ1v) is 10.7. The molecule has 0 saturated carbocycles. The maximum Gasteiger partial charge on any atom is 0.416 e. The second-order valence-electron chi connectivity index (χ2n) is 6.80. The van der Waals surface area contributed by atoms with E-state index in [0.717, 1.165) is 12.2 Å². The number of aryl methyl sites for hydroxylation is 1. The Bertz CT molecular complexity index is 1350. The summed E-state index contributed by atoms with van der Waals surface area (Å²) in [6.07, 6.45) is -2.55. The maximum absolute atomic E-state index is 13.1. The first-order chi connectivity index (χ1) is 14.5. The van der Waals surface area contributed by atoms with E-state index in [9.17, 15) is 21.6 Å². The van der Waals surface area contributed by atoms with Crippen molar-refractivity contribution < 1.29 is 21.6 Å². The summed E-state index contributed by atoms with van der Waals surface area (Å²) in [5, 5.41) is 18.6. The molecular weight excluding hydrogens is 437 g/mol. The minimum Gasteiger partial charge on any atom is -0.378 e. The first kappa shape index (κ1) is 21.0. The lowest BCUT2D eigenvalue weighted by atomic mass is 10.1. The molecule has 1 aliphatic heterocycles. The number of dihydropyridines is 1. The molecule has 0 unspecified atom stereocenters. The van der Waals surface area contributed by atoms with E-state index in [0.29, 0.717) is 5.65 Å². The van der Waals surface area contributed by atoms with Crippen LogP contribution in [0.2, 0.25) is 0 Å². The van der Waals surface area contributed by atoms with E-state index in [1.54, 1.807) is 7.05 Å². The zero-order valence-electron chi connectivity index (χ0n) is 16.6. The number of pyridine rings is 1. The summed E-state index contributed by atoms with van der Waals surface area (Å²) in [5.74, 6) is -0.00408. The van der Waals surface area contributed by atoms with Crippen molar-refractivity contribution in [3.05, 3.63) is 29.6 Å². The van der Waals surface area contributed by atoms with Gasteiger partial charge in [-0.2, -0.15) is 13.2 Å². The molecule has 31 heavy (non-hydrogen) atoms. The molecule has 0 saturated heterocycles. The number of aromatic nitrogens is 7. The van der Waals surface area contributed by atoms with Gasteiger partial charge >= 0.3 is 6.18 Å². The van der Waals surface area contributed by atoms with Crippen LogP contribution in [0.4, 0.5) is 13.2 Å². The Morgan fingerprint density at radius 3 is 2.55 bits per heavy atom. The van der Waals surface area contributed by atoms with Crippen LogP contribution in [0.1, 0.15) is 12.7 Å². The van der Waals surface area contributed by atoms with Crippen LogP contribution in [0.15, 0.2) is 28.7 Å². The van der Waals surface area contributed by atoms with Gasteiger partial charge in [-0.15, -0.1) is 15.3 Å². The van der Waals surface area contributed by atoms with E-state index < -0.39 is 21.6 Å². The van der Waals surface area contributed by atoms with Gasteiger partial charge in [0, 0.05) is 20.6 Å². The van der Waals surface area contributed by atoms with Crippen molar-refractivity contribution in [3.63, 3.8) is 0 Å². The lowest BCUT2D eigenvalue weighted by molar-refractivity contribution is -0.0885. The van der Waals surface area contributed by atoms with Crippen LogP contribution in [0, 0.1) is 0 Å². The number of allylic oxidation sites excluding steroid dienone is 2. The average molecular weight is 454 g/mol. The van der Waals surface area contributed by atoms with E-state index in [-0.39, 0.29) is 45.7 Å². The SMILES string of the molecule is CCS(=O)(=O)c1cc2nnn(C)c2nc1-c1nnc(C2=CC(C(F)(F)F)=CCN2)n1C. The standard InChI is InChI=1S/C17H17F3N8O2S/c1-4-31(29,30)12-8-11-14(28(3)26-23-11)22-13(12)16-25-24-15(27(16)2)10-7-9(5-6-21-10)17(18,19)20/h5,7-8,21H,4,6H2,1-3H3. The number of hydrogen-bond donors (Lipinski definition) is 1. The Morgan fingerprint density at radius 1 is 1.16 bits per heavy atom. The van der Waals surface area contributed by atoms with Gasteiger partial charge in [0.05, 0.1) is 21.9 Å². The molecule has 0 atom stereocenters. The summed E-state index contributed by atoms with van der Waals surface area (Å²) in [4.78, 5) is 4.29. The molecule has 4 heterocycles. The van der Waals surface area contributed by atoms with Gasteiger partial charge in [-0.1, -0.05) is 18.2 Å². The minimum absolute atomic E-state index is 0.0176. The van der Waals surface area contributed by atoms with Crippen molar-refractivity contribution in [3.8, 4) is 11.5 Å². The normalized spacial score (nSPS) is 15.0. The second kappa shape index (κ2) is 7.14. The van der Waals surface area contributed by atoms with Crippen molar-refractivity contribution in [1.29, 1.82) is 0 Å². The summed E-state index contributed by atoms with van der Waals surface area (Å²) in [7, 11) is -0.605. The van der Waals surface area contributed by atoms with Crippen LogP contribution >= 0.6 is 0 Å². The third-order valence-corrected chi connectivity index (χ3v) is 6.57. The molecule has 14 heteroatoms. The lowest BCUT2D eigenvalue weighted by Gasteiger charge is -2.17. The molecule has 0 amide bonds. The Hall–Kier alpha value is -3.29. The highest BCUT2D eigenvalue weighted by Crippen LogP contribution is 2.32. The minimum atomic E-state index is -4.50. The summed E-state index contributed by atoms with van der Waals surface area (Å²) >= 11 is 0. The van der Waals surface area contributed by atoms with Crippen LogP contribution in [0.25, 0.3) is 28.4 Å². The molecule has 0 aromatic carbocycles. The smallest absolute Gasteiger partial charge is 0.378 e. The zero-order valence-corrected chi connectivity index (χ0v) is 17.5. The van der Waals surface area contributed by atoms with Gasteiger partial charge in [-0.3, -0.25) is 0 Å². The number of nitrogens with one attached hydrogen (secondary N) is 1. The van der Waals surface area contributed by atoms with Crippen LogP contribution in [-0.4, -0.2) is 61.6 Å². The predicted molar refractivity (Wildman–Crippen MR) is 104 cm³/mol. The van der Waals surface area contributed by atoms with Gasteiger partial charge in [-0.25, -0.2) is 18.1 Å². The highest BCUT2D eigenvalue weighted by molar-refractivity contribution is 7.91. The van der Waals surface area contributed by atoms with Gasteiger partial charge in [0.15, 0.2) is 27.1 Å². The molecule has 164 valence electrons. The highest BCUT2D eigenvalue weighted by atomic mass is 32.2. The molecule has 0 aliphatic carbocycles. The number of alkyl halides is 3. The fourth-order valence-electron chi connectivity index (χ4n) is 3.14. The summed E-state index contributed by atoms with van der Waals surface area (Å²) < 4.78 is 67.5. The molecule has 1 aliphatic rings. The van der Waals surface area contributed by atoms with E-state index in [2.05, 4.69) is 30.8 Å². The summed E-state index contributed by atoms with van der Waals surface area (Å²) in [6, 6.07) is 1.36. The Morgan fingerprint density at radius 2 is 1.87 bits per heavy atom. The first-order valence-electron chi connectivity index (χ1n) is 9.09. The molecule has 0 radical (unpaired) electrons. The number of nitrogens with zero attached hydrogens (tertiary/aromatic N) is 7. The number of sulfone groups is 1. The van der Waals surface area contributed by atoms with Crippen molar-refractivity contribution in [2.24, 2.45) is 14.1 Å². The summed E-state index contributed by atoms with van der Waals surface area (Å²) in [6.45, 7) is 1.45. The summed E-state index contributed by atoms with van der Waals surface area (Å²) in [5.41, 5.74) is -0.0621. The Balaban J connectivity index is 1.90. The lowest BCUT2D eigenvalue weighted by Crippen LogP contribution is -2.23. The number of rotatable bonds is 4. The largest absolute Gasteiger partial charge is 0.416 e. The second-order valence-corrected chi connectivity index (χ2v) is 9.04. The molecule has 3 aromatic heterocycles. The molecule has 4 rings (SSSR count). The molecule has 0 bridgehead atoms. The zero-order chi connectivity index (χ0) is 22.6. The van der Waals surface area contributed by atoms with Gasteiger partial charge in [0.2, 0.25) is 0 Å². The molecule has 3 aromatic rings. The Labute approximate surface area is 174 Å². The van der Waals surface area contributed by atoms with Gasteiger partial charge in [-0.05, 0) is 12.1 Å². The van der Waals surface area contributed by atoms with Crippen molar-refractivity contribution in [2.45, 2.75) is 18.0 Å². The molecule has 0 fully saturated rings. The number of hydrogen-bond acceptors (Lipinski definition) is 8. The quantitative estimate of drug-likeness (QED) is 0.628. The van der Waals surface area contributed by atoms with Gasteiger partial charge < -0.3 is 9.88 Å². The maximum atomic E-state index is 13.1. The third-order valence-electron chi connectivity index (χ3n) is 4.83. The van der Waals surface area contributed by atoms with Crippen molar-refractivity contribution in [1.82, 2.24) is 40.1 Å². The van der Waals surface area contributed by atoms with Gasteiger partial charge in [0.1, 0.15) is 11.2 Å². The fraction of sp³-hybridized carbons (Fsp3) is 0.353. The average Bonchev–Trinajstić information content (AvgIpc) is 3.29. The molecule has 1 N–H and O–H groups in total. The van der Waals surface area contributed by atoms with Crippen molar-refractivity contribution in [2.75, 3.05) is 12.3 Å². The number of fused-ring (bicyclic) bond motifs is 1. The van der Waals surface area contributed by atoms with E-state index in [4.69, 9.17) is 0 Å². The molecule has 0 spiro atoms. The number of halogens is 3. The van der Waals surface area contributed by atoms with Gasteiger partial charge in [0.25, 0.3) is 0 Å². The Kier molecular flexibility index (Phi) is 4.83. The van der Waals surface area contributed by atoms with E-state index >= 15 is 0 Å². The van der Waals surface area contributed by atoms with E-state index in [1.165, 1.54) is 29.3 Å². The van der Waals surface area contributed by atoms with Crippen LogP contribution in [0.3, 0.4) is 0 Å². The highest BCUT2D eigenvalue weighted by Gasteiger charge is 2.34. The monoisotopic (exact) mass is 454 g/mol. The fourth-order valence-corrected chi connectivity index (χ4v) is 4.18. The van der Waals surface area contributed by atoms with Crippen LogP contribution in [-0.2, 0) is 23.9 Å². The molecule has 10 nitrogen and oxygen atoms in total. The third kappa shape index (κ3) is 3.56. The molecular formula is C17H17F3N8O2S. The van der Waals surface area contributed by atoms with Crippen LogP contribution < -0.4 is 5.32 Å².